The zero-order valence-electron chi connectivity index (χ0n) is 14.5. The van der Waals surface area contributed by atoms with Crippen LogP contribution in [0, 0.1) is 6.92 Å². The highest BCUT2D eigenvalue weighted by Crippen LogP contribution is 2.21. The summed E-state index contributed by atoms with van der Waals surface area (Å²) in [6.45, 7) is 3.56. The van der Waals surface area contributed by atoms with Gasteiger partial charge in [0.1, 0.15) is 11.5 Å². The lowest BCUT2D eigenvalue weighted by atomic mass is 10.2. The van der Waals surface area contributed by atoms with Crippen molar-refractivity contribution in [2.45, 2.75) is 20.0 Å². The van der Waals surface area contributed by atoms with Gasteiger partial charge in [-0.05, 0) is 56.3 Å². The Hall–Kier alpha value is -3.41. The Kier molecular flexibility index (Phi) is 5.43. The van der Waals surface area contributed by atoms with Crippen LogP contribution in [0.1, 0.15) is 12.6 Å². The number of aryl methyl sites for hydroxylation is 1. The zero-order valence-corrected chi connectivity index (χ0v) is 14.5. The number of benzene rings is 2. The number of anilines is 1. The molecule has 0 spiro atoms. The lowest BCUT2D eigenvalue weighted by Crippen LogP contribution is -2.30. The van der Waals surface area contributed by atoms with Crippen LogP contribution in [0.3, 0.4) is 0 Å². The van der Waals surface area contributed by atoms with Crippen molar-refractivity contribution in [1.29, 1.82) is 0 Å². The molecule has 1 unspecified atom stereocenters. The smallest absolute Gasteiger partial charge is 0.265 e. The number of carbonyl (C=O) groups excluding carboxylic acids is 1. The molecule has 2 aromatic carbocycles. The van der Waals surface area contributed by atoms with Gasteiger partial charge in [-0.3, -0.25) is 4.79 Å². The van der Waals surface area contributed by atoms with Gasteiger partial charge in [0.05, 0.1) is 5.69 Å². The average Bonchev–Trinajstić information content (AvgIpc) is 2.66. The zero-order chi connectivity index (χ0) is 18.4. The second kappa shape index (κ2) is 8.11. The van der Waals surface area contributed by atoms with Gasteiger partial charge in [0.25, 0.3) is 5.91 Å². The van der Waals surface area contributed by atoms with Crippen molar-refractivity contribution in [2.24, 2.45) is 0 Å². The van der Waals surface area contributed by atoms with Gasteiger partial charge < -0.3 is 14.8 Å². The molecule has 6 nitrogen and oxygen atoms in total. The number of amides is 1. The fraction of sp³-hybridized carbons (Fsp3) is 0.150. The van der Waals surface area contributed by atoms with E-state index in [4.69, 9.17) is 9.47 Å². The van der Waals surface area contributed by atoms with Gasteiger partial charge in [-0.15, -0.1) is 5.10 Å². The first kappa shape index (κ1) is 17.4. The highest BCUT2D eigenvalue weighted by atomic mass is 16.5. The van der Waals surface area contributed by atoms with Crippen LogP contribution >= 0.6 is 0 Å². The molecule has 1 N–H and O–H groups in total. The lowest BCUT2D eigenvalue weighted by molar-refractivity contribution is -0.122. The van der Waals surface area contributed by atoms with E-state index in [-0.39, 0.29) is 5.91 Å². The third-order valence-corrected chi connectivity index (χ3v) is 3.54. The summed E-state index contributed by atoms with van der Waals surface area (Å²) in [6, 6.07) is 19.8. The first-order valence-corrected chi connectivity index (χ1v) is 8.21. The minimum Gasteiger partial charge on any atom is -0.481 e. The van der Waals surface area contributed by atoms with Crippen molar-refractivity contribution in [1.82, 2.24) is 10.2 Å². The predicted molar refractivity (Wildman–Crippen MR) is 98.4 cm³/mol. The molecule has 26 heavy (non-hydrogen) atoms. The second-order valence-electron chi connectivity index (χ2n) is 5.70. The summed E-state index contributed by atoms with van der Waals surface area (Å²) in [5.74, 6) is 1.44. The van der Waals surface area contributed by atoms with Gasteiger partial charge >= 0.3 is 0 Å². The first-order chi connectivity index (χ1) is 12.6. The quantitative estimate of drug-likeness (QED) is 0.728. The first-order valence-electron chi connectivity index (χ1n) is 8.21. The summed E-state index contributed by atoms with van der Waals surface area (Å²) in [5, 5.41) is 10.7. The predicted octanol–water partition coefficient (Wildman–Crippen LogP) is 3.98. The van der Waals surface area contributed by atoms with E-state index in [2.05, 4.69) is 15.5 Å². The van der Waals surface area contributed by atoms with Crippen molar-refractivity contribution < 1.29 is 14.3 Å². The molecular formula is C20H19N3O3. The van der Waals surface area contributed by atoms with E-state index >= 15 is 0 Å². The molecule has 3 rings (SSSR count). The molecule has 0 aliphatic carbocycles. The van der Waals surface area contributed by atoms with Gasteiger partial charge in [-0.2, -0.15) is 5.10 Å². The van der Waals surface area contributed by atoms with Crippen LogP contribution in [0.25, 0.3) is 0 Å². The number of nitrogens with one attached hydrogen (secondary N) is 1. The minimum atomic E-state index is -0.615. The highest BCUT2D eigenvalue weighted by molar-refractivity contribution is 5.94. The van der Waals surface area contributed by atoms with Gasteiger partial charge in [0.15, 0.2) is 6.10 Å². The molecule has 1 heterocycles. The van der Waals surface area contributed by atoms with Crippen LogP contribution in [0.4, 0.5) is 5.69 Å². The number of ether oxygens (including phenoxy) is 2. The van der Waals surface area contributed by atoms with E-state index in [1.54, 1.807) is 37.3 Å². The summed E-state index contributed by atoms with van der Waals surface area (Å²) in [5.41, 5.74) is 1.48. The molecule has 0 aliphatic heterocycles. The average molecular weight is 349 g/mol. The topological polar surface area (TPSA) is 73.3 Å². The van der Waals surface area contributed by atoms with Crippen LogP contribution in [-0.2, 0) is 4.79 Å². The molecule has 0 saturated carbocycles. The fourth-order valence-electron chi connectivity index (χ4n) is 2.17. The standard InChI is InChI=1S/C20H19N3O3/c1-14-8-13-19(23-22-14)26-18-11-9-16(10-12-18)21-20(24)15(2)25-17-6-4-3-5-7-17/h3-13,15H,1-2H3,(H,21,24). The van der Waals surface area contributed by atoms with E-state index in [1.807, 2.05) is 43.3 Å². The van der Waals surface area contributed by atoms with E-state index in [1.165, 1.54) is 0 Å². The maximum absolute atomic E-state index is 12.2. The molecule has 1 amide bonds. The molecule has 0 aliphatic rings. The Bertz CT molecular complexity index is 850. The summed E-state index contributed by atoms with van der Waals surface area (Å²) in [6.07, 6.45) is -0.615. The van der Waals surface area contributed by atoms with Crippen molar-refractivity contribution in [3.8, 4) is 17.4 Å². The van der Waals surface area contributed by atoms with Crippen LogP contribution < -0.4 is 14.8 Å². The molecule has 6 heteroatoms. The van der Waals surface area contributed by atoms with Crippen LogP contribution in [0.15, 0.2) is 66.7 Å². The van der Waals surface area contributed by atoms with Gasteiger partial charge in [-0.25, -0.2) is 0 Å². The third-order valence-electron chi connectivity index (χ3n) is 3.54. The normalized spacial score (nSPS) is 11.5. The van der Waals surface area contributed by atoms with Gasteiger partial charge in [0.2, 0.25) is 5.88 Å². The molecule has 0 fully saturated rings. The SMILES string of the molecule is Cc1ccc(Oc2ccc(NC(=O)C(C)Oc3ccccc3)cc2)nn1. The summed E-state index contributed by atoms with van der Waals surface area (Å²) in [4.78, 5) is 12.2. The number of hydrogen-bond donors (Lipinski definition) is 1. The van der Waals surface area contributed by atoms with E-state index in [0.29, 0.717) is 23.1 Å². The number of rotatable bonds is 6. The van der Waals surface area contributed by atoms with Crippen LogP contribution in [-0.4, -0.2) is 22.2 Å². The molecule has 0 saturated heterocycles. The van der Waals surface area contributed by atoms with Crippen LogP contribution in [0.5, 0.6) is 17.4 Å². The van der Waals surface area contributed by atoms with E-state index in [9.17, 15) is 4.79 Å². The molecule has 0 radical (unpaired) electrons. The Morgan fingerprint density at radius 3 is 2.31 bits per heavy atom. The molecule has 1 atom stereocenters. The molecule has 1 aromatic heterocycles. The molecule has 0 bridgehead atoms. The molecule has 132 valence electrons. The monoisotopic (exact) mass is 349 g/mol. The molecule has 3 aromatic rings. The summed E-state index contributed by atoms with van der Waals surface area (Å²) < 4.78 is 11.2. The Balaban J connectivity index is 1.56. The van der Waals surface area contributed by atoms with Crippen molar-refractivity contribution in [3.63, 3.8) is 0 Å². The second-order valence-corrected chi connectivity index (χ2v) is 5.70. The number of para-hydroxylation sites is 1. The van der Waals surface area contributed by atoms with E-state index < -0.39 is 6.10 Å². The largest absolute Gasteiger partial charge is 0.481 e. The molecular weight excluding hydrogens is 330 g/mol. The summed E-state index contributed by atoms with van der Waals surface area (Å²) >= 11 is 0. The lowest BCUT2D eigenvalue weighted by Gasteiger charge is -2.14. The Morgan fingerprint density at radius 1 is 0.923 bits per heavy atom. The fourth-order valence-corrected chi connectivity index (χ4v) is 2.17. The van der Waals surface area contributed by atoms with Crippen molar-refractivity contribution in [3.05, 3.63) is 72.4 Å². The maximum atomic E-state index is 12.2. The number of hydrogen-bond acceptors (Lipinski definition) is 5. The highest BCUT2D eigenvalue weighted by Gasteiger charge is 2.14. The van der Waals surface area contributed by atoms with E-state index in [0.717, 1.165) is 5.69 Å². The van der Waals surface area contributed by atoms with Gasteiger partial charge in [0, 0.05) is 11.8 Å². The van der Waals surface area contributed by atoms with Crippen LogP contribution in [0.2, 0.25) is 0 Å². The number of carbonyl (C=O) groups is 1. The van der Waals surface area contributed by atoms with Crippen molar-refractivity contribution in [2.75, 3.05) is 5.32 Å². The van der Waals surface area contributed by atoms with Gasteiger partial charge in [-0.1, -0.05) is 18.2 Å². The Morgan fingerprint density at radius 2 is 1.65 bits per heavy atom. The third kappa shape index (κ3) is 4.80. The Labute approximate surface area is 151 Å². The number of nitrogens with zero attached hydrogens (tertiary/aromatic N) is 2. The summed E-state index contributed by atoms with van der Waals surface area (Å²) in [7, 11) is 0. The minimum absolute atomic E-state index is 0.230. The number of aromatic nitrogens is 2. The maximum Gasteiger partial charge on any atom is 0.265 e. The van der Waals surface area contributed by atoms with Crippen molar-refractivity contribution >= 4 is 11.6 Å².